The van der Waals surface area contributed by atoms with Gasteiger partial charge in [0.25, 0.3) is 0 Å². The van der Waals surface area contributed by atoms with Crippen LogP contribution < -0.4 is 11.1 Å². The van der Waals surface area contributed by atoms with Gasteiger partial charge in [0.15, 0.2) is 0 Å². The highest BCUT2D eigenvalue weighted by Crippen LogP contribution is 2.28. The molecule has 94 valence electrons. The molecule has 2 rings (SSSR count). The van der Waals surface area contributed by atoms with E-state index in [1.165, 1.54) is 17.4 Å². The highest BCUT2D eigenvalue weighted by Gasteiger charge is 2.30. The molecule has 6 nitrogen and oxygen atoms in total. The number of hydrogen-bond acceptors (Lipinski definition) is 4. The Balaban J connectivity index is 1.91. The van der Waals surface area contributed by atoms with Crippen LogP contribution in [0.25, 0.3) is 0 Å². The first kappa shape index (κ1) is 12.0. The normalized spacial score (nSPS) is 18.9. The predicted octanol–water partition coefficient (Wildman–Crippen LogP) is 0.805. The maximum atomic E-state index is 11.9. The number of hydrogen-bond donors (Lipinski definition) is 2. The van der Waals surface area contributed by atoms with Gasteiger partial charge in [0, 0.05) is 19.0 Å². The van der Waals surface area contributed by atoms with Crippen LogP contribution >= 0.6 is 0 Å². The Morgan fingerprint density at radius 3 is 2.82 bits per heavy atom. The summed E-state index contributed by atoms with van der Waals surface area (Å²) in [6.07, 6.45) is 7.10. The molecule has 1 aromatic rings. The van der Waals surface area contributed by atoms with Gasteiger partial charge in [-0.2, -0.15) is 10.1 Å². The third-order valence-corrected chi connectivity index (χ3v) is 3.32. The fourth-order valence-corrected chi connectivity index (χ4v) is 2.33. The summed E-state index contributed by atoms with van der Waals surface area (Å²) in [5.74, 6) is 0.389. The second kappa shape index (κ2) is 4.83. The summed E-state index contributed by atoms with van der Waals surface area (Å²) in [4.78, 5) is 15.8. The van der Waals surface area contributed by atoms with E-state index in [0.717, 1.165) is 25.7 Å². The Bertz CT molecular complexity index is 394. The standard InChI is InChI=1S/C11H19N5O/c1-16-10(13-8-14-16)15-9(17)7-11(12)5-3-2-4-6-11/h8H,2-7,12H2,1H3,(H,13,14,15,17). The Hall–Kier alpha value is -1.43. The topological polar surface area (TPSA) is 85.8 Å². The van der Waals surface area contributed by atoms with Crippen molar-refractivity contribution in [2.24, 2.45) is 12.8 Å². The van der Waals surface area contributed by atoms with Crippen molar-refractivity contribution < 1.29 is 4.79 Å². The van der Waals surface area contributed by atoms with Crippen molar-refractivity contribution in [3.63, 3.8) is 0 Å². The zero-order valence-electron chi connectivity index (χ0n) is 10.1. The summed E-state index contributed by atoms with van der Waals surface area (Å²) in [6.45, 7) is 0. The van der Waals surface area contributed by atoms with Crippen molar-refractivity contribution in [2.45, 2.75) is 44.1 Å². The van der Waals surface area contributed by atoms with Crippen LogP contribution in [0.15, 0.2) is 6.33 Å². The molecule has 1 fully saturated rings. The largest absolute Gasteiger partial charge is 0.325 e. The first-order valence-corrected chi connectivity index (χ1v) is 6.02. The quantitative estimate of drug-likeness (QED) is 0.814. The highest BCUT2D eigenvalue weighted by atomic mass is 16.1. The molecule has 0 radical (unpaired) electrons. The molecule has 0 aliphatic heterocycles. The van der Waals surface area contributed by atoms with Crippen molar-refractivity contribution in [2.75, 3.05) is 5.32 Å². The first-order valence-electron chi connectivity index (χ1n) is 6.02. The van der Waals surface area contributed by atoms with Gasteiger partial charge in [0.05, 0.1) is 0 Å². The molecule has 0 bridgehead atoms. The van der Waals surface area contributed by atoms with Crippen LogP contribution in [0.4, 0.5) is 5.95 Å². The predicted molar refractivity (Wildman–Crippen MR) is 64.3 cm³/mol. The van der Waals surface area contributed by atoms with Crippen LogP contribution in [-0.2, 0) is 11.8 Å². The third kappa shape index (κ3) is 3.03. The lowest BCUT2D eigenvalue weighted by molar-refractivity contribution is -0.117. The number of aryl methyl sites for hydroxylation is 1. The molecular weight excluding hydrogens is 218 g/mol. The minimum atomic E-state index is -0.332. The summed E-state index contributed by atoms with van der Waals surface area (Å²) >= 11 is 0. The van der Waals surface area contributed by atoms with E-state index in [1.54, 1.807) is 7.05 Å². The Labute approximate surface area is 101 Å². The van der Waals surface area contributed by atoms with Gasteiger partial charge < -0.3 is 5.73 Å². The number of nitrogens with zero attached hydrogens (tertiary/aromatic N) is 3. The number of nitrogens with one attached hydrogen (secondary N) is 1. The van der Waals surface area contributed by atoms with Crippen LogP contribution in [0.1, 0.15) is 38.5 Å². The van der Waals surface area contributed by atoms with Crippen molar-refractivity contribution >= 4 is 11.9 Å². The summed E-state index contributed by atoms with van der Waals surface area (Å²) < 4.78 is 1.53. The minimum absolute atomic E-state index is 0.0782. The molecule has 1 aliphatic rings. The number of carbonyl (C=O) groups excluding carboxylic acids is 1. The number of aromatic nitrogens is 3. The Kier molecular flexibility index (Phi) is 3.42. The molecule has 17 heavy (non-hydrogen) atoms. The second-order valence-corrected chi connectivity index (χ2v) is 4.86. The zero-order valence-corrected chi connectivity index (χ0v) is 10.1. The van der Waals surface area contributed by atoms with E-state index in [1.807, 2.05) is 0 Å². The van der Waals surface area contributed by atoms with Crippen LogP contribution in [0.5, 0.6) is 0 Å². The number of anilines is 1. The fourth-order valence-electron chi connectivity index (χ4n) is 2.33. The third-order valence-electron chi connectivity index (χ3n) is 3.32. The van der Waals surface area contributed by atoms with Gasteiger partial charge in [0.1, 0.15) is 6.33 Å². The monoisotopic (exact) mass is 237 g/mol. The van der Waals surface area contributed by atoms with Crippen LogP contribution in [-0.4, -0.2) is 26.2 Å². The molecule has 0 atom stereocenters. The lowest BCUT2D eigenvalue weighted by atomic mass is 9.80. The van der Waals surface area contributed by atoms with Gasteiger partial charge in [-0.25, -0.2) is 4.68 Å². The summed E-state index contributed by atoms with van der Waals surface area (Å²) in [6, 6.07) is 0. The van der Waals surface area contributed by atoms with Gasteiger partial charge in [-0.05, 0) is 12.8 Å². The average molecular weight is 237 g/mol. The van der Waals surface area contributed by atoms with E-state index in [9.17, 15) is 4.79 Å². The Morgan fingerprint density at radius 2 is 2.24 bits per heavy atom. The molecule has 1 heterocycles. The van der Waals surface area contributed by atoms with Crippen LogP contribution in [0.3, 0.4) is 0 Å². The average Bonchev–Trinajstić information content (AvgIpc) is 2.64. The molecule has 1 amide bonds. The Morgan fingerprint density at radius 1 is 1.53 bits per heavy atom. The van der Waals surface area contributed by atoms with Crippen molar-refractivity contribution in [3.8, 4) is 0 Å². The first-order chi connectivity index (χ1) is 8.09. The van der Waals surface area contributed by atoms with Crippen molar-refractivity contribution in [1.29, 1.82) is 0 Å². The smallest absolute Gasteiger partial charge is 0.228 e. The minimum Gasteiger partial charge on any atom is -0.325 e. The molecule has 3 N–H and O–H groups in total. The molecular formula is C11H19N5O. The van der Waals surface area contributed by atoms with Crippen LogP contribution in [0, 0.1) is 0 Å². The van der Waals surface area contributed by atoms with E-state index in [-0.39, 0.29) is 11.4 Å². The van der Waals surface area contributed by atoms with Gasteiger partial charge in [-0.1, -0.05) is 19.3 Å². The molecule has 0 saturated heterocycles. The zero-order chi connectivity index (χ0) is 12.3. The SMILES string of the molecule is Cn1ncnc1NC(=O)CC1(N)CCCCC1. The maximum Gasteiger partial charge on any atom is 0.228 e. The molecule has 1 saturated carbocycles. The summed E-state index contributed by atoms with van der Waals surface area (Å²) in [5.41, 5.74) is 5.89. The van der Waals surface area contributed by atoms with Gasteiger partial charge in [-0.3, -0.25) is 10.1 Å². The van der Waals surface area contributed by atoms with Gasteiger partial charge >= 0.3 is 0 Å². The molecule has 0 spiro atoms. The highest BCUT2D eigenvalue weighted by molar-refractivity contribution is 5.89. The van der Waals surface area contributed by atoms with Gasteiger partial charge in [0.2, 0.25) is 11.9 Å². The van der Waals surface area contributed by atoms with E-state index in [2.05, 4.69) is 15.4 Å². The van der Waals surface area contributed by atoms with Crippen LogP contribution in [0.2, 0.25) is 0 Å². The molecule has 0 unspecified atom stereocenters. The number of amides is 1. The lowest BCUT2D eigenvalue weighted by Crippen LogP contribution is -2.44. The van der Waals surface area contributed by atoms with E-state index < -0.39 is 0 Å². The van der Waals surface area contributed by atoms with E-state index >= 15 is 0 Å². The second-order valence-electron chi connectivity index (χ2n) is 4.86. The summed E-state index contributed by atoms with van der Waals surface area (Å²) in [7, 11) is 1.74. The summed E-state index contributed by atoms with van der Waals surface area (Å²) in [5, 5.41) is 6.63. The van der Waals surface area contributed by atoms with Gasteiger partial charge in [-0.15, -0.1) is 0 Å². The molecule has 1 aliphatic carbocycles. The number of rotatable bonds is 3. The number of nitrogens with two attached hydrogens (primary N) is 1. The fraction of sp³-hybridized carbons (Fsp3) is 0.727. The molecule has 0 aromatic carbocycles. The number of carbonyl (C=O) groups is 1. The maximum absolute atomic E-state index is 11.9. The van der Waals surface area contributed by atoms with Crippen molar-refractivity contribution in [1.82, 2.24) is 14.8 Å². The molecule has 1 aromatic heterocycles. The lowest BCUT2D eigenvalue weighted by Gasteiger charge is -2.32. The van der Waals surface area contributed by atoms with E-state index in [4.69, 9.17) is 5.73 Å². The van der Waals surface area contributed by atoms with E-state index in [0.29, 0.717) is 12.4 Å². The van der Waals surface area contributed by atoms with Crippen molar-refractivity contribution in [3.05, 3.63) is 6.33 Å². The molecule has 6 heteroatoms.